The number of aliphatic hydroxyl groups excluding tert-OH is 1. The van der Waals surface area contributed by atoms with Crippen molar-refractivity contribution in [1.82, 2.24) is 9.88 Å². The molecule has 2 aromatic carbocycles. The van der Waals surface area contributed by atoms with Gasteiger partial charge in [-0.2, -0.15) is 0 Å². The summed E-state index contributed by atoms with van der Waals surface area (Å²) < 4.78 is 0. The quantitative estimate of drug-likeness (QED) is 0.715. The van der Waals surface area contributed by atoms with Gasteiger partial charge >= 0.3 is 0 Å². The maximum Gasteiger partial charge on any atom is 0.227 e. The Morgan fingerprint density at radius 2 is 1.76 bits per heavy atom. The van der Waals surface area contributed by atoms with Crippen LogP contribution < -0.4 is 0 Å². The van der Waals surface area contributed by atoms with Crippen LogP contribution in [0.1, 0.15) is 35.6 Å². The van der Waals surface area contributed by atoms with Crippen LogP contribution in [0.5, 0.6) is 0 Å². The number of rotatable bonds is 5. The number of carbonyl (C=O) groups excluding carboxylic acids is 1. The summed E-state index contributed by atoms with van der Waals surface area (Å²) in [6.07, 6.45) is 2.51. The monoisotopic (exact) mass is 386 g/mol. The van der Waals surface area contributed by atoms with Crippen molar-refractivity contribution in [2.45, 2.75) is 31.8 Å². The van der Waals surface area contributed by atoms with Gasteiger partial charge in [0, 0.05) is 30.3 Å². The molecule has 4 heteroatoms. The van der Waals surface area contributed by atoms with E-state index in [0.717, 1.165) is 54.0 Å². The maximum atomic E-state index is 12.8. The summed E-state index contributed by atoms with van der Waals surface area (Å²) >= 11 is 0. The molecule has 1 amide bonds. The maximum absolute atomic E-state index is 12.8. The molecule has 3 aromatic rings. The van der Waals surface area contributed by atoms with E-state index in [1.807, 2.05) is 71.6 Å². The third-order valence-corrected chi connectivity index (χ3v) is 5.59. The molecule has 1 atom stereocenters. The lowest BCUT2D eigenvalue weighted by Crippen LogP contribution is -2.40. The molecule has 1 aliphatic heterocycles. The zero-order valence-electron chi connectivity index (χ0n) is 16.5. The first kappa shape index (κ1) is 19.3. The number of piperidine rings is 1. The Kier molecular flexibility index (Phi) is 6.01. The second-order valence-electron chi connectivity index (χ2n) is 7.64. The standard InChI is InChI=1S/C25H26N2O2/c28-18-20-11-13-21(14-12-20)23-9-4-10-24(26-23)22-8-5-15-27(17-22)25(29)16-19-6-2-1-3-7-19/h1-4,6-7,9-14,22,28H,5,8,15-18H2. The van der Waals surface area contributed by atoms with Gasteiger partial charge in [0.25, 0.3) is 0 Å². The summed E-state index contributed by atoms with van der Waals surface area (Å²) in [5, 5.41) is 9.23. The first-order valence-corrected chi connectivity index (χ1v) is 10.2. The zero-order chi connectivity index (χ0) is 20.1. The second kappa shape index (κ2) is 9.01. The molecule has 1 unspecified atom stereocenters. The molecular weight excluding hydrogens is 360 g/mol. The number of likely N-dealkylation sites (tertiary alicyclic amines) is 1. The highest BCUT2D eigenvalue weighted by atomic mass is 16.3. The van der Waals surface area contributed by atoms with Gasteiger partial charge in [0.2, 0.25) is 5.91 Å². The average molecular weight is 386 g/mol. The molecular formula is C25H26N2O2. The van der Waals surface area contributed by atoms with Gasteiger partial charge in [0.1, 0.15) is 0 Å². The molecule has 1 fully saturated rings. The molecule has 1 aromatic heterocycles. The van der Waals surface area contributed by atoms with Gasteiger partial charge in [0.05, 0.1) is 18.7 Å². The molecule has 0 spiro atoms. The van der Waals surface area contributed by atoms with Gasteiger partial charge in [-0.05, 0) is 36.1 Å². The molecule has 2 heterocycles. The predicted octanol–water partition coefficient (Wildman–Crippen LogP) is 4.19. The Bertz CT molecular complexity index is 954. The number of aliphatic hydroxyl groups is 1. The van der Waals surface area contributed by atoms with Gasteiger partial charge < -0.3 is 10.0 Å². The molecule has 4 nitrogen and oxygen atoms in total. The van der Waals surface area contributed by atoms with Crippen LogP contribution in [0.3, 0.4) is 0 Å². The summed E-state index contributed by atoms with van der Waals surface area (Å²) in [5.41, 5.74) is 4.97. The summed E-state index contributed by atoms with van der Waals surface area (Å²) in [6.45, 7) is 1.60. The predicted molar refractivity (Wildman–Crippen MR) is 114 cm³/mol. The first-order valence-electron chi connectivity index (χ1n) is 10.2. The molecule has 1 aliphatic rings. The molecule has 148 valence electrons. The van der Waals surface area contributed by atoms with E-state index in [1.165, 1.54) is 0 Å². The van der Waals surface area contributed by atoms with E-state index in [4.69, 9.17) is 4.98 Å². The summed E-state index contributed by atoms with van der Waals surface area (Å²) in [4.78, 5) is 19.7. The van der Waals surface area contributed by atoms with Crippen LogP contribution in [0, 0.1) is 0 Å². The highest BCUT2D eigenvalue weighted by molar-refractivity contribution is 5.79. The van der Waals surface area contributed by atoms with Crippen molar-refractivity contribution in [3.05, 3.63) is 89.6 Å². The number of carbonyl (C=O) groups is 1. The highest BCUT2D eigenvalue weighted by Gasteiger charge is 2.25. The van der Waals surface area contributed by atoms with E-state index < -0.39 is 0 Å². The van der Waals surface area contributed by atoms with Crippen LogP contribution in [-0.4, -0.2) is 34.0 Å². The number of hydrogen-bond donors (Lipinski definition) is 1. The minimum atomic E-state index is 0.0443. The van der Waals surface area contributed by atoms with E-state index in [1.54, 1.807) is 0 Å². The number of hydrogen-bond acceptors (Lipinski definition) is 3. The van der Waals surface area contributed by atoms with Crippen molar-refractivity contribution in [2.24, 2.45) is 0 Å². The van der Waals surface area contributed by atoms with Crippen molar-refractivity contribution < 1.29 is 9.90 Å². The van der Waals surface area contributed by atoms with Crippen molar-refractivity contribution >= 4 is 5.91 Å². The first-order chi connectivity index (χ1) is 14.2. The van der Waals surface area contributed by atoms with E-state index in [2.05, 4.69) is 6.07 Å². The number of amides is 1. The Hall–Kier alpha value is -2.98. The fraction of sp³-hybridized carbons (Fsp3) is 0.280. The number of aromatic nitrogens is 1. The molecule has 0 radical (unpaired) electrons. The molecule has 0 bridgehead atoms. The SMILES string of the molecule is O=C(Cc1ccccc1)N1CCCC(c2cccc(-c3ccc(CO)cc3)n2)C1. The minimum absolute atomic E-state index is 0.0443. The number of pyridine rings is 1. The van der Waals surface area contributed by atoms with Crippen molar-refractivity contribution in [3.8, 4) is 11.3 Å². The van der Waals surface area contributed by atoms with E-state index in [-0.39, 0.29) is 18.4 Å². The zero-order valence-corrected chi connectivity index (χ0v) is 16.5. The van der Waals surface area contributed by atoms with Crippen LogP contribution in [0.2, 0.25) is 0 Å². The van der Waals surface area contributed by atoms with Gasteiger partial charge in [-0.1, -0.05) is 60.7 Å². The van der Waals surface area contributed by atoms with Gasteiger partial charge in [0.15, 0.2) is 0 Å². The van der Waals surface area contributed by atoms with Crippen molar-refractivity contribution in [2.75, 3.05) is 13.1 Å². The number of benzene rings is 2. The van der Waals surface area contributed by atoms with Gasteiger partial charge in [-0.15, -0.1) is 0 Å². The topological polar surface area (TPSA) is 53.4 Å². The van der Waals surface area contributed by atoms with Crippen LogP contribution >= 0.6 is 0 Å². The van der Waals surface area contributed by atoms with Crippen LogP contribution in [-0.2, 0) is 17.8 Å². The van der Waals surface area contributed by atoms with Crippen LogP contribution in [0.15, 0.2) is 72.8 Å². The third-order valence-electron chi connectivity index (χ3n) is 5.59. The summed E-state index contributed by atoms with van der Waals surface area (Å²) in [5.74, 6) is 0.455. The van der Waals surface area contributed by atoms with Crippen LogP contribution in [0.4, 0.5) is 0 Å². The lowest BCUT2D eigenvalue weighted by atomic mass is 9.93. The Balaban J connectivity index is 1.47. The average Bonchev–Trinajstić information content (AvgIpc) is 2.80. The van der Waals surface area contributed by atoms with E-state index in [0.29, 0.717) is 6.42 Å². The molecule has 1 N–H and O–H groups in total. The normalized spacial score (nSPS) is 16.6. The van der Waals surface area contributed by atoms with E-state index >= 15 is 0 Å². The summed E-state index contributed by atoms with van der Waals surface area (Å²) in [6, 6.07) is 23.9. The fourth-order valence-electron chi connectivity index (χ4n) is 3.95. The van der Waals surface area contributed by atoms with E-state index in [9.17, 15) is 9.90 Å². The second-order valence-corrected chi connectivity index (χ2v) is 7.64. The Labute approximate surface area is 171 Å². The molecule has 0 aliphatic carbocycles. The highest BCUT2D eigenvalue weighted by Crippen LogP contribution is 2.28. The number of nitrogens with zero attached hydrogens (tertiary/aromatic N) is 2. The lowest BCUT2D eigenvalue weighted by Gasteiger charge is -2.32. The molecule has 4 rings (SSSR count). The lowest BCUT2D eigenvalue weighted by molar-refractivity contribution is -0.131. The largest absolute Gasteiger partial charge is 0.392 e. The van der Waals surface area contributed by atoms with Gasteiger partial charge in [-0.25, -0.2) is 0 Å². The van der Waals surface area contributed by atoms with Gasteiger partial charge in [-0.3, -0.25) is 9.78 Å². The Morgan fingerprint density at radius 3 is 2.52 bits per heavy atom. The Morgan fingerprint density at radius 1 is 0.966 bits per heavy atom. The molecule has 0 saturated carbocycles. The molecule has 29 heavy (non-hydrogen) atoms. The minimum Gasteiger partial charge on any atom is -0.392 e. The third kappa shape index (κ3) is 4.72. The van der Waals surface area contributed by atoms with Crippen LogP contribution in [0.25, 0.3) is 11.3 Å². The van der Waals surface area contributed by atoms with Crippen molar-refractivity contribution in [3.63, 3.8) is 0 Å². The van der Waals surface area contributed by atoms with Crippen molar-refractivity contribution in [1.29, 1.82) is 0 Å². The smallest absolute Gasteiger partial charge is 0.227 e. The fourth-order valence-corrected chi connectivity index (χ4v) is 3.95. The molecule has 1 saturated heterocycles. The summed E-state index contributed by atoms with van der Waals surface area (Å²) in [7, 11) is 0.